The molecule has 0 N–H and O–H groups in total. The lowest BCUT2D eigenvalue weighted by Gasteiger charge is -2.15. The first-order valence-electron chi connectivity index (χ1n) is 10.5. The Balaban J connectivity index is 1.62. The van der Waals surface area contributed by atoms with Gasteiger partial charge in [0.15, 0.2) is 17.2 Å². The van der Waals surface area contributed by atoms with Gasteiger partial charge in [-0.1, -0.05) is 59.1 Å². The van der Waals surface area contributed by atoms with E-state index in [4.69, 9.17) is 49.0 Å². The molecule has 174 valence electrons. The molecule has 1 aliphatic rings. The predicted molar refractivity (Wildman–Crippen MR) is 135 cm³/mol. The van der Waals surface area contributed by atoms with Crippen LogP contribution < -0.4 is 9.47 Å². The van der Waals surface area contributed by atoms with Crippen molar-refractivity contribution in [2.24, 2.45) is 4.99 Å². The number of esters is 1. The fourth-order valence-corrected chi connectivity index (χ4v) is 3.89. The minimum absolute atomic E-state index is 0.119. The Kier molecular flexibility index (Phi) is 7.47. The first kappa shape index (κ1) is 24.1. The van der Waals surface area contributed by atoms with Crippen LogP contribution in [0.25, 0.3) is 6.08 Å². The van der Waals surface area contributed by atoms with Crippen LogP contribution >= 0.6 is 34.8 Å². The topological polar surface area (TPSA) is 57.1 Å². The van der Waals surface area contributed by atoms with Crippen LogP contribution in [-0.4, -0.2) is 18.5 Å². The van der Waals surface area contributed by atoms with Crippen LogP contribution in [0.5, 0.6) is 11.5 Å². The number of carbonyl (C=O) groups is 1. The zero-order chi connectivity index (χ0) is 24.2. The molecule has 5 nitrogen and oxygen atoms in total. The Morgan fingerprint density at radius 1 is 0.971 bits per heavy atom. The maximum absolute atomic E-state index is 12.4. The number of nitrogens with zero attached hydrogens (tertiary/aromatic N) is 1. The Bertz CT molecular complexity index is 1320. The van der Waals surface area contributed by atoms with Gasteiger partial charge < -0.3 is 14.2 Å². The fraction of sp³-hybridized carbons (Fsp3) is 0.154. The second kappa shape index (κ2) is 10.5. The number of benzene rings is 3. The van der Waals surface area contributed by atoms with Crippen LogP contribution in [0.1, 0.15) is 29.2 Å². The van der Waals surface area contributed by atoms with E-state index in [2.05, 4.69) is 4.99 Å². The third-order valence-corrected chi connectivity index (χ3v) is 6.08. The van der Waals surface area contributed by atoms with E-state index in [9.17, 15) is 4.79 Å². The zero-order valence-electron chi connectivity index (χ0n) is 18.4. The molecule has 0 aromatic heterocycles. The van der Waals surface area contributed by atoms with Crippen LogP contribution in [-0.2, 0) is 16.1 Å². The van der Waals surface area contributed by atoms with Crippen molar-refractivity contribution in [2.75, 3.05) is 6.61 Å². The van der Waals surface area contributed by atoms with Gasteiger partial charge in [-0.25, -0.2) is 9.79 Å². The van der Waals surface area contributed by atoms with Gasteiger partial charge in [-0.2, -0.15) is 0 Å². The summed E-state index contributed by atoms with van der Waals surface area (Å²) in [6.45, 7) is 4.65. The number of ether oxygens (including phenoxy) is 3. The maximum Gasteiger partial charge on any atom is 0.363 e. The van der Waals surface area contributed by atoms with Gasteiger partial charge in [0.1, 0.15) is 6.61 Å². The highest BCUT2D eigenvalue weighted by Crippen LogP contribution is 2.38. The third kappa shape index (κ3) is 5.39. The summed E-state index contributed by atoms with van der Waals surface area (Å²) in [5, 5.41) is 1.09. The standard InChI is InChI=1S/C26H20Cl3NO4/c1-3-32-23-12-16(10-21(29)24(23)33-14-18-7-5-4-6-15(18)2)11-22-26(31)34-25(30-22)17-8-9-19(27)20(28)13-17/h4-13H,3,14H2,1-2H3/b22-11-. The van der Waals surface area contributed by atoms with Crippen molar-refractivity contribution in [3.8, 4) is 11.5 Å². The van der Waals surface area contributed by atoms with E-state index in [1.165, 1.54) is 0 Å². The number of halogens is 3. The van der Waals surface area contributed by atoms with E-state index < -0.39 is 5.97 Å². The van der Waals surface area contributed by atoms with Crippen molar-refractivity contribution in [3.63, 3.8) is 0 Å². The molecular formula is C26H20Cl3NO4. The van der Waals surface area contributed by atoms with Gasteiger partial charge in [-0.3, -0.25) is 0 Å². The molecule has 0 atom stereocenters. The Hall–Kier alpha value is -2.99. The summed E-state index contributed by atoms with van der Waals surface area (Å²) in [5.74, 6) is 0.456. The van der Waals surface area contributed by atoms with E-state index in [1.807, 2.05) is 38.1 Å². The van der Waals surface area contributed by atoms with Crippen LogP contribution in [0.15, 0.2) is 65.3 Å². The summed E-state index contributed by atoms with van der Waals surface area (Å²) >= 11 is 18.6. The molecule has 8 heteroatoms. The minimum atomic E-state index is -0.588. The summed E-state index contributed by atoms with van der Waals surface area (Å²) in [7, 11) is 0. The van der Waals surface area contributed by atoms with E-state index in [1.54, 1.807) is 36.4 Å². The molecule has 3 aromatic carbocycles. The average molecular weight is 517 g/mol. The lowest BCUT2D eigenvalue weighted by Crippen LogP contribution is -2.05. The third-order valence-electron chi connectivity index (χ3n) is 5.06. The van der Waals surface area contributed by atoms with Crippen molar-refractivity contribution < 1.29 is 19.0 Å². The molecule has 0 aliphatic carbocycles. The van der Waals surface area contributed by atoms with Crippen molar-refractivity contribution in [1.29, 1.82) is 0 Å². The van der Waals surface area contributed by atoms with Gasteiger partial charge in [0, 0.05) is 5.56 Å². The number of hydrogen-bond acceptors (Lipinski definition) is 5. The number of cyclic esters (lactones) is 1. The summed E-state index contributed by atoms with van der Waals surface area (Å²) in [4.78, 5) is 16.7. The van der Waals surface area contributed by atoms with Gasteiger partial charge >= 0.3 is 5.97 Å². The highest BCUT2D eigenvalue weighted by Gasteiger charge is 2.25. The number of rotatable bonds is 7. The summed E-state index contributed by atoms with van der Waals surface area (Å²) in [5.41, 5.74) is 3.44. The van der Waals surface area contributed by atoms with Gasteiger partial charge in [0.05, 0.1) is 21.7 Å². The second-order valence-electron chi connectivity index (χ2n) is 7.44. The summed E-state index contributed by atoms with van der Waals surface area (Å²) in [6, 6.07) is 16.3. The highest BCUT2D eigenvalue weighted by molar-refractivity contribution is 6.42. The number of carbonyl (C=O) groups excluding carboxylic acids is 1. The van der Waals surface area contributed by atoms with Gasteiger partial charge in [-0.15, -0.1) is 0 Å². The minimum Gasteiger partial charge on any atom is -0.490 e. The molecule has 0 fully saturated rings. The van der Waals surface area contributed by atoms with Crippen LogP contribution in [0.2, 0.25) is 15.1 Å². The van der Waals surface area contributed by atoms with E-state index in [-0.39, 0.29) is 11.6 Å². The molecule has 34 heavy (non-hydrogen) atoms. The molecule has 0 bridgehead atoms. The summed E-state index contributed by atoms with van der Waals surface area (Å²) in [6.07, 6.45) is 1.58. The monoisotopic (exact) mass is 515 g/mol. The molecule has 1 aliphatic heterocycles. The van der Waals surface area contributed by atoms with E-state index in [0.717, 1.165) is 11.1 Å². The maximum atomic E-state index is 12.4. The molecule has 0 saturated carbocycles. The average Bonchev–Trinajstić information content (AvgIpc) is 3.16. The highest BCUT2D eigenvalue weighted by atomic mass is 35.5. The SMILES string of the molecule is CCOc1cc(/C=C2\N=C(c3ccc(Cl)c(Cl)c3)OC2=O)cc(Cl)c1OCc1ccccc1C. The van der Waals surface area contributed by atoms with Gasteiger partial charge in [0.2, 0.25) is 5.90 Å². The van der Waals surface area contributed by atoms with Crippen LogP contribution in [0.4, 0.5) is 0 Å². The molecule has 4 rings (SSSR count). The van der Waals surface area contributed by atoms with Crippen molar-refractivity contribution in [3.05, 3.63) is 97.6 Å². The number of hydrogen-bond donors (Lipinski definition) is 0. The predicted octanol–water partition coefficient (Wildman–Crippen LogP) is 7.28. The molecule has 3 aromatic rings. The number of aryl methyl sites for hydroxylation is 1. The fourth-order valence-electron chi connectivity index (χ4n) is 3.32. The Morgan fingerprint density at radius 3 is 2.50 bits per heavy atom. The molecule has 0 amide bonds. The lowest BCUT2D eigenvalue weighted by molar-refractivity contribution is -0.129. The molecule has 0 unspecified atom stereocenters. The first-order chi connectivity index (χ1) is 16.4. The Morgan fingerprint density at radius 2 is 1.76 bits per heavy atom. The van der Waals surface area contributed by atoms with Gasteiger partial charge in [-0.05, 0) is 66.9 Å². The van der Waals surface area contributed by atoms with Crippen LogP contribution in [0, 0.1) is 6.92 Å². The quantitative estimate of drug-likeness (QED) is 0.245. The van der Waals surface area contributed by atoms with Crippen molar-refractivity contribution >= 4 is 52.7 Å². The lowest BCUT2D eigenvalue weighted by atomic mass is 10.1. The largest absolute Gasteiger partial charge is 0.490 e. The van der Waals surface area contributed by atoms with Crippen LogP contribution in [0.3, 0.4) is 0 Å². The molecule has 1 heterocycles. The van der Waals surface area contributed by atoms with E-state index >= 15 is 0 Å². The van der Waals surface area contributed by atoms with Crippen molar-refractivity contribution in [1.82, 2.24) is 0 Å². The van der Waals surface area contributed by atoms with Gasteiger partial charge in [0.25, 0.3) is 0 Å². The molecular weight excluding hydrogens is 497 g/mol. The smallest absolute Gasteiger partial charge is 0.363 e. The Labute approximate surface area is 212 Å². The number of aliphatic imine (C=N–C) groups is 1. The normalized spacial score (nSPS) is 14.2. The van der Waals surface area contributed by atoms with Crippen molar-refractivity contribution in [2.45, 2.75) is 20.5 Å². The first-order valence-corrected chi connectivity index (χ1v) is 11.6. The van der Waals surface area contributed by atoms with E-state index in [0.29, 0.717) is 50.9 Å². The molecule has 0 saturated heterocycles. The summed E-state index contributed by atoms with van der Waals surface area (Å²) < 4.78 is 17.1. The zero-order valence-corrected chi connectivity index (χ0v) is 20.7. The molecule has 0 spiro atoms. The molecule has 0 radical (unpaired) electrons. The second-order valence-corrected chi connectivity index (χ2v) is 8.66.